The van der Waals surface area contributed by atoms with Crippen molar-refractivity contribution in [2.75, 3.05) is 47.5 Å². The van der Waals surface area contributed by atoms with E-state index in [2.05, 4.69) is 13.8 Å². The third-order valence-electron chi connectivity index (χ3n) is 18.9. The van der Waals surface area contributed by atoms with Crippen LogP contribution in [0.1, 0.15) is 444 Å². The molecule has 9 nitrogen and oxygen atoms in total. The van der Waals surface area contributed by atoms with Gasteiger partial charge in [0, 0.05) is 12.8 Å². The molecule has 0 aromatic rings. The fourth-order valence-electron chi connectivity index (χ4n) is 12.7. The van der Waals surface area contributed by atoms with Gasteiger partial charge < -0.3 is 18.9 Å². The number of carbonyl (C=O) groups is 2. The molecule has 2 atom stereocenters. The Bertz CT molecular complexity index is 1460. The van der Waals surface area contributed by atoms with Crippen LogP contribution in [-0.2, 0) is 32.7 Å². The van der Waals surface area contributed by atoms with Crippen molar-refractivity contribution in [1.82, 2.24) is 0 Å². The van der Waals surface area contributed by atoms with Crippen molar-refractivity contribution in [3.63, 3.8) is 0 Å². The van der Waals surface area contributed by atoms with Crippen LogP contribution >= 0.6 is 7.82 Å². The van der Waals surface area contributed by atoms with Crippen LogP contribution in [0.3, 0.4) is 0 Å². The molecular formula is C79H159NO8P+. The van der Waals surface area contributed by atoms with E-state index in [9.17, 15) is 19.0 Å². The number of rotatable bonds is 77. The number of phosphoric ester groups is 1. The maximum absolute atomic E-state index is 12.9. The zero-order valence-electron chi connectivity index (χ0n) is 61.0. The number of ether oxygens (including phenoxy) is 2. The third kappa shape index (κ3) is 75.9. The number of esters is 2. The Balaban J connectivity index is 3.84. The molecule has 532 valence electrons. The van der Waals surface area contributed by atoms with Crippen LogP contribution in [-0.4, -0.2) is 74.9 Å². The van der Waals surface area contributed by atoms with Gasteiger partial charge in [-0.3, -0.25) is 18.6 Å². The predicted octanol–water partition coefficient (Wildman–Crippen LogP) is 26.5. The van der Waals surface area contributed by atoms with Crippen molar-refractivity contribution in [3.05, 3.63) is 0 Å². The van der Waals surface area contributed by atoms with Crippen molar-refractivity contribution in [2.24, 2.45) is 0 Å². The molecule has 0 aliphatic carbocycles. The molecule has 0 aliphatic heterocycles. The summed E-state index contributed by atoms with van der Waals surface area (Å²) in [7, 11) is 1.51. The summed E-state index contributed by atoms with van der Waals surface area (Å²) in [5.41, 5.74) is 0. The number of carbonyl (C=O) groups excluding carboxylic acids is 2. The van der Waals surface area contributed by atoms with Gasteiger partial charge in [0.2, 0.25) is 0 Å². The van der Waals surface area contributed by atoms with Gasteiger partial charge in [0.1, 0.15) is 19.8 Å². The fourth-order valence-corrected chi connectivity index (χ4v) is 13.5. The van der Waals surface area contributed by atoms with E-state index < -0.39 is 26.5 Å². The second kappa shape index (κ2) is 71.3. The first kappa shape index (κ1) is 88.0. The summed E-state index contributed by atoms with van der Waals surface area (Å²) in [5.74, 6) is -0.765. The van der Waals surface area contributed by atoms with Crippen molar-refractivity contribution < 1.29 is 42.1 Å². The van der Waals surface area contributed by atoms with Gasteiger partial charge in [0.05, 0.1) is 27.7 Å². The lowest BCUT2D eigenvalue weighted by Gasteiger charge is -2.24. The van der Waals surface area contributed by atoms with Crippen LogP contribution in [0, 0.1) is 0 Å². The SMILES string of the molecule is CCCCCCCCCCCCCCCCCCCCCCCCCCCCCCCCCCCCCCCCCCC(=O)OC(COC(=O)CCCCCCCCCCCCCCCCCCCCCCCCCCC)COP(=O)(O)OCC[N+](C)(C)C. The van der Waals surface area contributed by atoms with Crippen molar-refractivity contribution in [1.29, 1.82) is 0 Å². The number of quaternary nitrogens is 1. The molecule has 0 bridgehead atoms. The molecule has 0 heterocycles. The van der Waals surface area contributed by atoms with Gasteiger partial charge in [-0.1, -0.05) is 418 Å². The minimum Gasteiger partial charge on any atom is -0.462 e. The molecule has 0 fully saturated rings. The van der Waals surface area contributed by atoms with Crippen molar-refractivity contribution in [3.8, 4) is 0 Å². The van der Waals surface area contributed by atoms with E-state index in [1.54, 1.807) is 0 Å². The van der Waals surface area contributed by atoms with E-state index in [1.165, 1.54) is 379 Å². The topological polar surface area (TPSA) is 108 Å². The van der Waals surface area contributed by atoms with E-state index in [-0.39, 0.29) is 25.6 Å². The molecule has 0 aliphatic rings. The first-order valence-electron chi connectivity index (χ1n) is 40.3. The Kier molecular flexibility index (Phi) is 70.5. The highest BCUT2D eigenvalue weighted by Gasteiger charge is 2.27. The number of likely N-dealkylation sites (N-methyl/N-ethyl adjacent to an activating group) is 1. The summed E-state index contributed by atoms with van der Waals surface area (Å²) in [6.07, 6.45) is 88.4. The second-order valence-electron chi connectivity index (χ2n) is 29.2. The maximum atomic E-state index is 12.9. The minimum absolute atomic E-state index is 0.0378. The number of hydrogen-bond acceptors (Lipinski definition) is 7. The van der Waals surface area contributed by atoms with Crippen LogP contribution in [0.4, 0.5) is 0 Å². The van der Waals surface area contributed by atoms with Gasteiger partial charge in [0.15, 0.2) is 6.10 Å². The number of unbranched alkanes of at least 4 members (excludes halogenated alkanes) is 63. The van der Waals surface area contributed by atoms with Gasteiger partial charge in [-0.2, -0.15) is 0 Å². The van der Waals surface area contributed by atoms with E-state index in [0.717, 1.165) is 38.5 Å². The minimum atomic E-state index is -4.39. The molecular weight excluding hydrogens is 1120 g/mol. The Labute approximate surface area is 556 Å². The quantitative estimate of drug-likeness (QED) is 0.0278. The average Bonchev–Trinajstić information content (AvgIpc) is 3.72. The largest absolute Gasteiger partial charge is 0.472 e. The average molecular weight is 1280 g/mol. The molecule has 0 saturated carbocycles. The lowest BCUT2D eigenvalue weighted by atomic mass is 10.0. The highest BCUT2D eigenvalue weighted by atomic mass is 31.2. The molecule has 0 aromatic carbocycles. The van der Waals surface area contributed by atoms with E-state index in [1.807, 2.05) is 21.1 Å². The summed E-state index contributed by atoms with van der Waals surface area (Å²) in [5, 5.41) is 0. The molecule has 89 heavy (non-hydrogen) atoms. The molecule has 0 radical (unpaired) electrons. The van der Waals surface area contributed by atoms with E-state index in [0.29, 0.717) is 17.4 Å². The van der Waals surface area contributed by atoms with E-state index >= 15 is 0 Å². The summed E-state index contributed by atoms with van der Waals surface area (Å²) in [6.45, 7) is 4.54. The zero-order chi connectivity index (χ0) is 64.8. The Hall–Kier alpha value is -0.990. The van der Waals surface area contributed by atoms with Gasteiger partial charge in [-0.25, -0.2) is 4.57 Å². The highest BCUT2D eigenvalue weighted by molar-refractivity contribution is 7.47. The van der Waals surface area contributed by atoms with Gasteiger partial charge >= 0.3 is 19.8 Å². The van der Waals surface area contributed by atoms with Crippen molar-refractivity contribution >= 4 is 19.8 Å². The zero-order valence-corrected chi connectivity index (χ0v) is 61.9. The lowest BCUT2D eigenvalue weighted by molar-refractivity contribution is -0.870. The molecule has 0 amide bonds. The molecule has 1 N–H and O–H groups in total. The lowest BCUT2D eigenvalue weighted by Crippen LogP contribution is -2.37. The molecule has 0 saturated heterocycles. The Morgan fingerprint density at radius 2 is 0.506 bits per heavy atom. The number of hydrogen-bond donors (Lipinski definition) is 1. The highest BCUT2D eigenvalue weighted by Crippen LogP contribution is 2.43. The Morgan fingerprint density at radius 3 is 0.719 bits per heavy atom. The first-order valence-corrected chi connectivity index (χ1v) is 41.8. The van der Waals surface area contributed by atoms with Crippen LogP contribution in [0.15, 0.2) is 0 Å². The summed E-state index contributed by atoms with van der Waals surface area (Å²) < 4.78 is 34.8. The van der Waals surface area contributed by atoms with Gasteiger partial charge in [0.25, 0.3) is 0 Å². The summed E-state index contributed by atoms with van der Waals surface area (Å²) in [6, 6.07) is 0. The maximum Gasteiger partial charge on any atom is 0.472 e. The number of nitrogens with zero attached hydrogens (tertiary/aromatic N) is 1. The molecule has 0 rings (SSSR count). The molecule has 0 aromatic heterocycles. The normalized spacial score (nSPS) is 12.9. The number of phosphoric acid groups is 1. The third-order valence-corrected chi connectivity index (χ3v) is 19.9. The second-order valence-corrected chi connectivity index (χ2v) is 30.6. The summed E-state index contributed by atoms with van der Waals surface area (Å²) >= 11 is 0. The first-order chi connectivity index (χ1) is 43.5. The smallest absolute Gasteiger partial charge is 0.462 e. The summed E-state index contributed by atoms with van der Waals surface area (Å²) in [4.78, 5) is 35.9. The molecule has 10 heteroatoms. The van der Waals surface area contributed by atoms with Crippen LogP contribution in [0.5, 0.6) is 0 Å². The van der Waals surface area contributed by atoms with Crippen LogP contribution in [0.25, 0.3) is 0 Å². The standard InChI is InChI=1S/C79H158NO8P/c1-6-8-10-12-14-16-18-20-22-24-26-28-30-32-33-34-35-36-37-38-39-40-41-42-43-44-45-46-48-50-52-54-56-58-60-62-64-66-68-70-72-79(82)88-77(76-87-89(83,84)86-74-73-80(3,4)5)75-85-78(81)71-69-67-65-63-61-59-57-55-53-51-49-47-31-29-27-25-23-21-19-17-15-13-11-9-7-2/h77H,6-76H2,1-5H3/p+1. The molecule has 2 unspecified atom stereocenters. The fraction of sp³-hybridized carbons (Fsp3) is 0.975. The van der Waals surface area contributed by atoms with Crippen molar-refractivity contribution in [2.45, 2.75) is 450 Å². The Morgan fingerprint density at radius 1 is 0.303 bits per heavy atom. The van der Waals surface area contributed by atoms with Gasteiger partial charge in [-0.05, 0) is 12.8 Å². The van der Waals surface area contributed by atoms with Crippen LogP contribution in [0.2, 0.25) is 0 Å². The van der Waals surface area contributed by atoms with Gasteiger partial charge in [-0.15, -0.1) is 0 Å². The predicted molar refractivity (Wildman–Crippen MR) is 386 cm³/mol. The monoisotopic (exact) mass is 1280 g/mol. The van der Waals surface area contributed by atoms with E-state index in [4.69, 9.17) is 18.5 Å². The molecule has 0 spiro atoms. The van der Waals surface area contributed by atoms with Crippen LogP contribution < -0.4 is 0 Å².